The predicted molar refractivity (Wildman–Crippen MR) is 83.9 cm³/mol. The number of hydrogen-bond acceptors (Lipinski definition) is 4. The Balaban J connectivity index is 1.83. The highest BCUT2D eigenvalue weighted by atomic mass is 16.5. The molecule has 1 aliphatic rings. The van der Waals surface area contributed by atoms with Gasteiger partial charge in [-0.15, -0.1) is 0 Å². The summed E-state index contributed by atoms with van der Waals surface area (Å²) < 4.78 is 4.68. The maximum absolute atomic E-state index is 12.2. The van der Waals surface area contributed by atoms with Crippen molar-refractivity contribution in [2.24, 2.45) is 0 Å². The van der Waals surface area contributed by atoms with Gasteiger partial charge in [0.25, 0.3) is 0 Å². The summed E-state index contributed by atoms with van der Waals surface area (Å²) in [7, 11) is 1.35. The molecule has 112 valence electrons. The van der Waals surface area contributed by atoms with Crippen LogP contribution in [-0.2, 0) is 16.1 Å². The largest absolute Gasteiger partial charge is 0.465 e. The minimum Gasteiger partial charge on any atom is -0.465 e. The van der Waals surface area contributed by atoms with Crippen LogP contribution >= 0.6 is 0 Å². The normalized spacial score (nSPS) is 13.3. The van der Waals surface area contributed by atoms with Gasteiger partial charge in [0.1, 0.15) is 0 Å². The van der Waals surface area contributed by atoms with Crippen LogP contribution in [0.5, 0.6) is 0 Å². The maximum atomic E-state index is 12.2. The molecule has 1 aliphatic heterocycles. The van der Waals surface area contributed by atoms with Gasteiger partial charge in [0.05, 0.1) is 37.1 Å². The van der Waals surface area contributed by atoms with Crippen LogP contribution in [0.4, 0.5) is 11.4 Å². The van der Waals surface area contributed by atoms with Crippen LogP contribution in [-0.4, -0.2) is 25.5 Å². The number of carbonyl (C=O) groups excluding carboxylic acids is 2. The number of rotatable bonds is 3. The highest BCUT2D eigenvalue weighted by Crippen LogP contribution is 2.30. The highest BCUT2D eigenvalue weighted by molar-refractivity contribution is 6.02. The fourth-order valence-electron chi connectivity index (χ4n) is 2.48. The fraction of sp³-hybridized carbons (Fsp3) is 0.176. The number of benzene rings is 2. The van der Waals surface area contributed by atoms with Gasteiger partial charge >= 0.3 is 5.97 Å². The van der Waals surface area contributed by atoms with Crippen LogP contribution in [0.25, 0.3) is 0 Å². The van der Waals surface area contributed by atoms with Crippen LogP contribution in [0, 0.1) is 0 Å². The second-order valence-electron chi connectivity index (χ2n) is 5.04. The number of amides is 1. The topological polar surface area (TPSA) is 58.6 Å². The van der Waals surface area contributed by atoms with E-state index in [1.54, 1.807) is 17.0 Å². The van der Waals surface area contributed by atoms with Crippen molar-refractivity contribution >= 4 is 23.3 Å². The molecule has 1 N–H and O–H groups in total. The van der Waals surface area contributed by atoms with Gasteiger partial charge in [-0.1, -0.05) is 24.3 Å². The Labute approximate surface area is 128 Å². The van der Waals surface area contributed by atoms with E-state index in [2.05, 4.69) is 10.1 Å². The van der Waals surface area contributed by atoms with Crippen molar-refractivity contribution in [2.45, 2.75) is 6.54 Å². The number of hydrogen-bond donors (Lipinski definition) is 1. The van der Waals surface area contributed by atoms with Crippen LogP contribution in [0.2, 0.25) is 0 Å². The van der Waals surface area contributed by atoms with Gasteiger partial charge in [0.15, 0.2) is 0 Å². The SMILES string of the molecule is COC(=O)c1ccc(CN2C(=O)CNc3ccccc32)cc1. The third-order valence-electron chi connectivity index (χ3n) is 3.64. The van der Waals surface area contributed by atoms with E-state index in [9.17, 15) is 9.59 Å². The summed E-state index contributed by atoms with van der Waals surface area (Å²) in [5, 5.41) is 3.11. The molecule has 5 nitrogen and oxygen atoms in total. The Morgan fingerprint density at radius 3 is 2.64 bits per heavy atom. The number of carbonyl (C=O) groups is 2. The van der Waals surface area contributed by atoms with Gasteiger partial charge < -0.3 is 15.0 Å². The molecule has 3 rings (SSSR count). The molecule has 0 saturated carbocycles. The monoisotopic (exact) mass is 296 g/mol. The third kappa shape index (κ3) is 2.65. The van der Waals surface area contributed by atoms with Crippen LogP contribution in [0.15, 0.2) is 48.5 Å². The first-order chi connectivity index (χ1) is 10.7. The minimum absolute atomic E-state index is 0.0238. The van der Waals surface area contributed by atoms with Gasteiger partial charge in [-0.3, -0.25) is 4.79 Å². The number of nitrogens with one attached hydrogen (secondary N) is 1. The van der Waals surface area contributed by atoms with E-state index < -0.39 is 0 Å². The molecule has 0 atom stereocenters. The lowest BCUT2D eigenvalue weighted by atomic mass is 10.1. The summed E-state index contributed by atoms with van der Waals surface area (Å²) in [6.07, 6.45) is 0. The maximum Gasteiger partial charge on any atom is 0.337 e. The molecule has 0 aromatic heterocycles. The zero-order chi connectivity index (χ0) is 15.5. The number of nitrogens with zero attached hydrogens (tertiary/aromatic N) is 1. The number of para-hydroxylation sites is 2. The number of fused-ring (bicyclic) bond motifs is 1. The highest BCUT2D eigenvalue weighted by Gasteiger charge is 2.23. The number of ether oxygens (including phenoxy) is 1. The standard InChI is InChI=1S/C17H16N2O3/c1-22-17(21)13-8-6-12(7-9-13)11-19-15-5-3-2-4-14(15)18-10-16(19)20/h2-9,18H,10-11H2,1H3. The quantitative estimate of drug-likeness (QED) is 0.884. The molecule has 0 unspecified atom stereocenters. The molecule has 0 aliphatic carbocycles. The molecule has 1 heterocycles. The third-order valence-corrected chi connectivity index (χ3v) is 3.64. The molecule has 1 amide bonds. The fourth-order valence-corrected chi connectivity index (χ4v) is 2.48. The number of esters is 1. The Kier molecular flexibility index (Phi) is 3.78. The van der Waals surface area contributed by atoms with Gasteiger partial charge in [-0.2, -0.15) is 0 Å². The lowest BCUT2D eigenvalue weighted by Gasteiger charge is -2.30. The number of anilines is 2. The summed E-state index contributed by atoms with van der Waals surface area (Å²) in [5.41, 5.74) is 3.28. The second-order valence-corrected chi connectivity index (χ2v) is 5.04. The van der Waals surface area contributed by atoms with Crippen molar-refractivity contribution in [1.82, 2.24) is 0 Å². The molecular weight excluding hydrogens is 280 g/mol. The summed E-state index contributed by atoms with van der Waals surface area (Å²) in [6, 6.07) is 14.8. The number of methoxy groups -OCH3 is 1. The van der Waals surface area contributed by atoms with Crippen molar-refractivity contribution in [1.29, 1.82) is 0 Å². The molecule has 2 aromatic carbocycles. The lowest BCUT2D eigenvalue weighted by molar-refractivity contribution is -0.117. The molecule has 22 heavy (non-hydrogen) atoms. The zero-order valence-electron chi connectivity index (χ0n) is 12.2. The van der Waals surface area contributed by atoms with Crippen molar-refractivity contribution in [3.8, 4) is 0 Å². The first kappa shape index (κ1) is 14.1. The van der Waals surface area contributed by atoms with Gasteiger partial charge in [0, 0.05) is 0 Å². The molecule has 0 spiro atoms. The van der Waals surface area contributed by atoms with Crippen molar-refractivity contribution < 1.29 is 14.3 Å². The van der Waals surface area contributed by atoms with Gasteiger partial charge in [-0.05, 0) is 29.8 Å². The van der Waals surface area contributed by atoms with E-state index in [1.807, 2.05) is 36.4 Å². The average molecular weight is 296 g/mol. The average Bonchev–Trinajstić information content (AvgIpc) is 2.57. The first-order valence-corrected chi connectivity index (χ1v) is 6.99. The first-order valence-electron chi connectivity index (χ1n) is 6.99. The van der Waals surface area contributed by atoms with E-state index in [-0.39, 0.29) is 18.4 Å². The second kappa shape index (κ2) is 5.89. The van der Waals surface area contributed by atoms with Crippen LogP contribution in [0.3, 0.4) is 0 Å². The molecule has 5 heteroatoms. The van der Waals surface area contributed by atoms with Crippen molar-refractivity contribution in [2.75, 3.05) is 23.9 Å². The molecule has 0 radical (unpaired) electrons. The molecule has 0 fully saturated rings. The lowest BCUT2D eigenvalue weighted by Crippen LogP contribution is -2.39. The molecule has 0 bridgehead atoms. The summed E-state index contributed by atoms with van der Waals surface area (Å²) in [4.78, 5) is 25.4. The van der Waals surface area contributed by atoms with Gasteiger partial charge in [-0.25, -0.2) is 4.79 Å². The minimum atomic E-state index is -0.366. The Bertz CT molecular complexity index is 710. The Hall–Kier alpha value is -2.82. The Morgan fingerprint density at radius 1 is 1.18 bits per heavy atom. The van der Waals surface area contributed by atoms with E-state index in [0.717, 1.165) is 16.9 Å². The molecule has 0 saturated heterocycles. The van der Waals surface area contributed by atoms with Crippen molar-refractivity contribution in [3.63, 3.8) is 0 Å². The molecular formula is C17H16N2O3. The summed E-state index contributed by atoms with van der Waals surface area (Å²) in [6.45, 7) is 0.760. The van der Waals surface area contributed by atoms with E-state index >= 15 is 0 Å². The zero-order valence-corrected chi connectivity index (χ0v) is 12.2. The molecule has 2 aromatic rings. The van der Waals surface area contributed by atoms with Crippen LogP contribution < -0.4 is 10.2 Å². The van der Waals surface area contributed by atoms with E-state index in [1.165, 1.54) is 7.11 Å². The Morgan fingerprint density at radius 2 is 1.91 bits per heavy atom. The van der Waals surface area contributed by atoms with Crippen molar-refractivity contribution in [3.05, 3.63) is 59.7 Å². The summed E-state index contributed by atoms with van der Waals surface area (Å²) >= 11 is 0. The van der Waals surface area contributed by atoms with Crippen LogP contribution in [0.1, 0.15) is 15.9 Å². The summed E-state index contributed by atoms with van der Waals surface area (Å²) in [5.74, 6) is -0.342. The van der Waals surface area contributed by atoms with E-state index in [4.69, 9.17) is 0 Å². The smallest absolute Gasteiger partial charge is 0.337 e. The van der Waals surface area contributed by atoms with E-state index in [0.29, 0.717) is 12.1 Å². The van der Waals surface area contributed by atoms with Gasteiger partial charge in [0.2, 0.25) is 5.91 Å². The predicted octanol–water partition coefficient (Wildman–Crippen LogP) is 2.43.